The number of ketones is 1. The highest BCUT2D eigenvalue weighted by atomic mass is 32.2. The Kier molecular flexibility index (Phi) is 7.68. The molecule has 5 heteroatoms. The Labute approximate surface area is 236 Å². The number of hydrogen-bond acceptors (Lipinski definition) is 5. The van der Waals surface area contributed by atoms with Gasteiger partial charge in [0.05, 0.1) is 23.2 Å². The van der Waals surface area contributed by atoms with Crippen molar-refractivity contribution in [3.8, 4) is 6.07 Å². The van der Waals surface area contributed by atoms with Crippen LogP contribution in [-0.4, -0.2) is 5.78 Å². The maximum atomic E-state index is 13.7. The predicted octanol–water partition coefficient (Wildman–Crippen LogP) is 7.77. The standard InChI is InChI=1S/C34H35N3OS/c1-5-24-9-6-7-10-29(24)37-30-11-8-12-31(38)33(30)32(28(19-35)34(37)36)27-18-25(22(3)17-23(27)4)20-39-26-15-13-21(2)14-16-26/h6-7,9-10,13-18,32H,5,8,11-12,20,36H2,1-4H3. The van der Waals surface area contributed by atoms with Crippen LogP contribution in [0.5, 0.6) is 0 Å². The number of Topliss-reactive ketones (excluding diaryl/α,β-unsaturated/α-hetero) is 1. The summed E-state index contributed by atoms with van der Waals surface area (Å²) < 4.78 is 0. The van der Waals surface area contributed by atoms with Gasteiger partial charge < -0.3 is 5.73 Å². The van der Waals surface area contributed by atoms with Gasteiger partial charge in [-0.3, -0.25) is 9.69 Å². The van der Waals surface area contributed by atoms with Gasteiger partial charge in [0.15, 0.2) is 5.78 Å². The van der Waals surface area contributed by atoms with Gasteiger partial charge in [-0.25, -0.2) is 0 Å². The van der Waals surface area contributed by atoms with Crippen molar-refractivity contribution in [3.63, 3.8) is 0 Å². The number of aryl methyl sites for hydroxylation is 4. The van der Waals surface area contributed by atoms with Gasteiger partial charge in [-0.1, -0.05) is 55.0 Å². The third-order valence-electron chi connectivity index (χ3n) is 7.98. The van der Waals surface area contributed by atoms with Crippen LogP contribution in [0.1, 0.15) is 65.5 Å². The Morgan fingerprint density at radius 3 is 2.46 bits per heavy atom. The van der Waals surface area contributed by atoms with Gasteiger partial charge in [0, 0.05) is 28.3 Å². The lowest BCUT2D eigenvalue weighted by atomic mass is 9.74. The van der Waals surface area contributed by atoms with Crippen molar-refractivity contribution < 1.29 is 4.79 Å². The second kappa shape index (κ2) is 11.2. The molecule has 5 rings (SSSR count). The monoisotopic (exact) mass is 533 g/mol. The van der Waals surface area contributed by atoms with Gasteiger partial charge >= 0.3 is 0 Å². The Hall–Kier alpha value is -3.75. The van der Waals surface area contributed by atoms with E-state index in [0.717, 1.165) is 58.7 Å². The molecule has 1 atom stereocenters. The van der Waals surface area contributed by atoms with Crippen LogP contribution in [0.15, 0.2) is 88.2 Å². The summed E-state index contributed by atoms with van der Waals surface area (Å²) in [4.78, 5) is 16.9. The van der Waals surface area contributed by atoms with Gasteiger partial charge in [-0.15, -0.1) is 11.8 Å². The third-order valence-corrected chi connectivity index (χ3v) is 9.04. The molecule has 1 unspecified atom stereocenters. The summed E-state index contributed by atoms with van der Waals surface area (Å²) in [5.74, 6) is 0.918. The van der Waals surface area contributed by atoms with Gasteiger partial charge in [0.25, 0.3) is 0 Å². The highest BCUT2D eigenvalue weighted by molar-refractivity contribution is 7.98. The molecule has 1 heterocycles. The number of benzene rings is 3. The van der Waals surface area contributed by atoms with E-state index in [-0.39, 0.29) is 5.78 Å². The highest BCUT2D eigenvalue weighted by Gasteiger charge is 2.41. The van der Waals surface area contributed by atoms with Gasteiger partial charge in [0.1, 0.15) is 5.82 Å². The number of anilines is 1. The van der Waals surface area contributed by atoms with E-state index in [0.29, 0.717) is 17.8 Å². The number of nitrogens with zero attached hydrogens (tertiary/aromatic N) is 2. The van der Waals surface area contributed by atoms with Crippen LogP contribution < -0.4 is 10.6 Å². The Bertz CT molecular complexity index is 1540. The molecule has 1 aliphatic heterocycles. The Morgan fingerprint density at radius 1 is 1.00 bits per heavy atom. The first-order valence-electron chi connectivity index (χ1n) is 13.7. The number of nitriles is 1. The number of hydrogen-bond donors (Lipinski definition) is 1. The summed E-state index contributed by atoms with van der Waals surface area (Å²) in [6.07, 6.45) is 2.88. The van der Waals surface area contributed by atoms with Crippen LogP contribution in [0.25, 0.3) is 0 Å². The molecule has 0 saturated carbocycles. The maximum absolute atomic E-state index is 13.7. The molecule has 3 aromatic carbocycles. The number of para-hydroxylation sites is 1. The van der Waals surface area contributed by atoms with Crippen LogP contribution >= 0.6 is 11.8 Å². The van der Waals surface area contributed by atoms with Gasteiger partial charge in [-0.05, 0) is 86.1 Å². The molecule has 0 bridgehead atoms. The fraction of sp³-hybridized carbons (Fsp3) is 0.294. The zero-order valence-corrected chi connectivity index (χ0v) is 24.0. The van der Waals surface area contributed by atoms with Crippen molar-refractivity contribution >= 4 is 23.2 Å². The minimum Gasteiger partial charge on any atom is -0.384 e. The summed E-state index contributed by atoms with van der Waals surface area (Å²) in [6.45, 7) is 8.43. The minimum atomic E-state index is -0.452. The molecular weight excluding hydrogens is 498 g/mol. The van der Waals surface area contributed by atoms with Crippen molar-refractivity contribution in [2.75, 3.05) is 4.90 Å². The van der Waals surface area contributed by atoms with Crippen LogP contribution in [0.4, 0.5) is 5.69 Å². The third kappa shape index (κ3) is 5.02. The molecule has 3 aromatic rings. The second-order valence-electron chi connectivity index (χ2n) is 10.5. The molecule has 0 aromatic heterocycles. The van der Waals surface area contributed by atoms with Crippen molar-refractivity contribution in [3.05, 3.63) is 117 Å². The highest BCUT2D eigenvalue weighted by Crippen LogP contribution is 2.48. The number of thioether (sulfide) groups is 1. The van der Waals surface area contributed by atoms with Crippen LogP contribution in [0.2, 0.25) is 0 Å². The number of carbonyl (C=O) groups excluding carboxylic acids is 1. The van der Waals surface area contributed by atoms with E-state index in [1.807, 2.05) is 23.1 Å². The molecule has 0 spiro atoms. The number of rotatable bonds is 6. The maximum Gasteiger partial charge on any atom is 0.161 e. The van der Waals surface area contributed by atoms with E-state index in [4.69, 9.17) is 5.73 Å². The van der Waals surface area contributed by atoms with Gasteiger partial charge in [0.2, 0.25) is 0 Å². The van der Waals surface area contributed by atoms with E-state index in [2.05, 4.69) is 76.2 Å². The molecule has 39 heavy (non-hydrogen) atoms. The lowest BCUT2D eigenvalue weighted by Gasteiger charge is -2.40. The Balaban J connectivity index is 1.64. The van der Waals surface area contributed by atoms with Crippen LogP contribution in [0.3, 0.4) is 0 Å². The topological polar surface area (TPSA) is 70.1 Å². The molecule has 198 valence electrons. The first-order chi connectivity index (χ1) is 18.8. The van der Waals surface area contributed by atoms with Crippen molar-refractivity contribution in [1.82, 2.24) is 0 Å². The van der Waals surface area contributed by atoms with Crippen molar-refractivity contribution in [1.29, 1.82) is 5.26 Å². The first-order valence-corrected chi connectivity index (χ1v) is 14.7. The molecule has 0 fully saturated rings. The summed E-state index contributed by atoms with van der Waals surface area (Å²) in [7, 11) is 0. The molecule has 1 aliphatic carbocycles. The van der Waals surface area contributed by atoms with E-state index < -0.39 is 5.92 Å². The molecule has 2 N–H and O–H groups in total. The lowest BCUT2D eigenvalue weighted by molar-refractivity contribution is -0.116. The summed E-state index contributed by atoms with van der Waals surface area (Å²) in [6, 6.07) is 23.6. The molecule has 0 saturated heterocycles. The fourth-order valence-electron chi connectivity index (χ4n) is 5.88. The van der Waals surface area contributed by atoms with E-state index in [9.17, 15) is 10.1 Å². The molecule has 0 amide bonds. The minimum absolute atomic E-state index is 0.121. The van der Waals surface area contributed by atoms with Gasteiger partial charge in [-0.2, -0.15) is 5.26 Å². The number of allylic oxidation sites excluding steroid dienone is 3. The fourth-order valence-corrected chi connectivity index (χ4v) is 6.84. The van der Waals surface area contributed by atoms with Crippen molar-refractivity contribution in [2.45, 2.75) is 69.9 Å². The van der Waals surface area contributed by atoms with E-state index in [1.165, 1.54) is 21.6 Å². The largest absolute Gasteiger partial charge is 0.384 e. The molecule has 2 aliphatic rings. The summed E-state index contributed by atoms with van der Waals surface area (Å²) >= 11 is 1.80. The number of carbonyl (C=O) groups is 1. The smallest absolute Gasteiger partial charge is 0.161 e. The average molecular weight is 534 g/mol. The lowest BCUT2D eigenvalue weighted by Crippen LogP contribution is -2.39. The first kappa shape index (κ1) is 26.8. The molecular formula is C34H35N3OS. The number of nitrogens with two attached hydrogens (primary N) is 1. The van der Waals surface area contributed by atoms with E-state index in [1.54, 1.807) is 11.8 Å². The average Bonchev–Trinajstić information content (AvgIpc) is 2.93. The van der Waals surface area contributed by atoms with Crippen molar-refractivity contribution in [2.24, 2.45) is 5.73 Å². The normalized spacial score (nSPS) is 17.4. The Morgan fingerprint density at radius 2 is 1.74 bits per heavy atom. The van der Waals surface area contributed by atoms with Crippen LogP contribution in [-0.2, 0) is 17.0 Å². The predicted molar refractivity (Wildman–Crippen MR) is 160 cm³/mol. The second-order valence-corrected chi connectivity index (χ2v) is 11.6. The SMILES string of the molecule is CCc1ccccc1N1C(N)=C(C#N)C(c2cc(CSc3ccc(C)cc3)c(C)cc2C)C2=C1CCCC2=O. The van der Waals surface area contributed by atoms with Crippen LogP contribution in [0, 0.1) is 32.1 Å². The zero-order valence-electron chi connectivity index (χ0n) is 23.2. The summed E-state index contributed by atoms with van der Waals surface area (Å²) in [5, 5.41) is 10.5. The summed E-state index contributed by atoms with van der Waals surface area (Å²) in [5.41, 5.74) is 16.9. The van der Waals surface area contributed by atoms with E-state index >= 15 is 0 Å². The quantitative estimate of drug-likeness (QED) is 0.328. The zero-order chi connectivity index (χ0) is 27.7. The molecule has 4 nitrogen and oxygen atoms in total. The molecule has 0 radical (unpaired) electrons.